The molecule has 0 radical (unpaired) electrons. The minimum atomic E-state index is -0.734. The molecule has 0 rings (SSSR count). The van der Waals surface area contributed by atoms with Gasteiger partial charge in [0.1, 0.15) is 0 Å². The summed E-state index contributed by atoms with van der Waals surface area (Å²) in [4.78, 5) is 14.0. The fraction of sp³-hybridized carbons (Fsp3) is 1.00. The zero-order chi connectivity index (χ0) is 8.69. The van der Waals surface area contributed by atoms with Crippen molar-refractivity contribution >= 4 is 0 Å². The van der Waals surface area contributed by atoms with E-state index in [0.717, 1.165) is 19.3 Å². The van der Waals surface area contributed by atoms with Gasteiger partial charge in [-0.1, -0.05) is 26.7 Å². The molecular weight excluding hydrogens is 146 g/mol. The fourth-order valence-electron chi connectivity index (χ4n) is 0.824. The molecule has 0 aromatic carbocycles. The van der Waals surface area contributed by atoms with E-state index in [1.165, 1.54) is 0 Å². The van der Waals surface area contributed by atoms with Crippen molar-refractivity contribution in [2.45, 2.75) is 33.1 Å². The Morgan fingerprint density at radius 2 is 2.27 bits per heavy atom. The molecule has 0 saturated heterocycles. The van der Waals surface area contributed by atoms with E-state index in [4.69, 9.17) is 0 Å². The van der Waals surface area contributed by atoms with Gasteiger partial charge >= 0.3 is 0 Å². The highest BCUT2D eigenvalue weighted by Gasteiger charge is 2.03. The Labute approximate surface area is 66.6 Å². The summed E-state index contributed by atoms with van der Waals surface area (Å²) in [6.07, 6.45) is 3.25. The Balaban J connectivity index is 3.22. The summed E-state index contributed by atoms with van der Waals surface area (Å²) < 4.78 is 0. The number of nitrogens with zero attached hydrogens (tertiary/aromatic N) is 1. The van der Waals surface area contributed by atoms with Crippen molar-refractivity contribution in [3.63, 3.8) is 0 Å². The van der Waals surface area contributed by atoms with Crippen LogP contribution in [0.2, 0.25) is 0 Å². The summed E-state index contributed by atoms with van der Waals surface area (Å²) in [6.45, 7) is 4.28. The third-order valence-electron chi connectivity index (χ3n) is 1.51. The fourth-order valence-corrected chi connectivity index (χ4v) is 0.824. The maximum atomic E-state index is 9.76. The van der Waals surface area contributed by atoms with Crippen LogP contribution in [0.15, 0.2) is 0 Å². The molecule has 0 aromatic heterocycles. The predicted octanol–water partition coefficient (Wildman–Crippen LogP) is 2.02. The van der Waals surface area contributed by atoms with Gasteiger partial charge in [-0.3, -0.25) is 0 Å². The van der Waals surface area contributed by atoms with Crippen LogP contribution in [0.1, 0.15) is 33.1 Å². The molecule has 0 aliphatic heterocycles. The molecule has 0 aromatic rings. The lowest BCUT2D eigenvalue weighted by atomic mass is 10.1. The van der Waals surface area contributed by atoms with Crippen LogP contribution in [0.25, 0.3) is 0 Å². The van der Waals surface area contributed by atoms with E-state index >= 15 is 0 Å². The molecule has 0 spiro atoms. The Morgan fingerprint density at radius 3 is 2.73 bits per heavy atom. The largest absolute Gasteiger partial charge is 0.314 e. The molecule has 1 atom stereocenters. The first-order valence-electron chi connectivity index (χ1n) is 3.94. The molecule has 4 nitrogen and oxygen atoms in total. The van der Waals surface area contributed by atoms with Crippen LogP contribution < -0.4 is 0 Å². The molecule has 66 valence electrons. The average molecular weight is 161 g/mol. The summed E-state index contributed by atoms with van der Waals surface area (Å²) in [5.41, 5.74) is 0. The summed E-state index contributed by atoms with van der Waals surface area (Å²) >= 11 is 0. The molecule has 0 heterocycles. The van der Waals surface area contributed by atoms with Gasteiger partial charge in [-0.15, -0.1) is 10.1 Å². The van der Waals surface area contributed by atoms with Crippen LogP contribution >= 0.6 is 0 Å². The molecule has 0 bridgehead atoms. The molecule has 0 aliphatic carbocycles. The second kappa shape index (κ2) is 5.95. The van der Waals surface area contributed by atoms with Gasteiger partial charge < -0.3 is 4.84 Å². The molecule has 4 heteroatoms. The number of hydrogen-bond donors (Lipinski definition) is 0. The molecule has 0 N–H and O–H groups in total. The summed E-state index contributed by atoms with van der Waals surface area (Å²) in [6, 6.07) is 0. The molecule has 1 unspecified atom stereocenters. The average Bonchev–Trinajstić information content (AvgIpc) is 1.97. The summed E-state index contributed by atoms with van der Waals surface area (Å²) in [5, 5.41) is 9.03. The van der Waals surface area contributed by atoms with Gasteiger partial charge in [-0.2, -0.15) is 0 Å². The lowest BCUT2D eigenvalue weighted by Gasteiger charge is -2.07. The van der Waals surface area contributed by atoms with Crippen LogP contribution in [-0.2, 0) is 4.84 Å². The first-order valence-corrected chi connectivity index (χ1v) is 3.94. The van der Waals surface area contributed by atoms with Gasteiger partial charge in [-0.05, 0) is 12.3 Å². The highest BCUT2D eigenvalue weighted by Crippen LogP contribution is 2.07. The zero-order valence-electron chi connectivity index (χ0n) is 7.08. The first-order chi connectivity index (χ1) is 5.16. The highest BCUT2D eigenvalue weighted by molar-refractivity contribution is 4.49. The van der Waals surface area contributed by atoms with E-state index in [1.54, 1.807) is 0 Å². The molecule has 0 amide bonds. The van der Waals surface area contributed by atoms with Crippen LogP contribution in [0, 0.1) is 16.0 Å². The Hall–Kier alpha value is -0.800. The normalized spacial score (nSPS) is 12.5. The quantitative estimate of drug-likeness (QED) is 0.442. The van der Waals surface area contributed by atoms with Crippen molar-refractivity contribution in [2.24, 2.45) is 5.92 Å². The van der Waals surface area contributed by atoms with Crippen molar-refractivity contribution in [1.29, 1.82) is 0 Å². The molecule has 0 fully saturated rings. The van der Waals surface area contributed by atoms with Gasteiger partial charge in [0.25, 0.3) is 5.09 Å². The minimum absolute atomic E-state index is 0.229. The van der Waals surface area contributed by atoms with E-state index in [9.17, 15) is 10.1 Å². The van der Waals surface area contributed by atoms with Gasteiger partial charge in [0.2, 0.25) is 0 Å². The van der Waals surface area contributed by atoms with Gasteiger partial charge in [-0.25, -0.2) is 0 Å². The molecular formula is C7H15NO3. The third-order valence-corrected chi connectivity index (χ3v) is 1.51. The molecule has 0 aliphatic rings. The lowest BCUT2D eigenvalue weighted by Crippen LogP contribution is -2.09. The van der Waals surface area contributed by atoms with E-state index < -0.39 is 5.09 Å². The summed E-state index contributed by atoms with van der Waals surface area (Å²) in [7, 11) is 0. The minimum Gasteiger partial charge on any atom is -0.314 e. The van der Waals surface area contributed by atoms with Crippen molar-refractivity contribution in [3.05, 3.63) is 10.1 Å². The van der Waals surface area contributed by atoms with Crippen molar-refractivity contribution < 1.29 is 9.92 Å². The topological polar surface area (TPSA) is 52.4 Å². The van der Waals surface area contributed by atoms with Crippen LogP contribution in [0.3, 0.4) is 0 Å². The monoisotopic (exact) mass is 161 g/mol. The van der Waals surface area contributed by atoms with Crippen molar-refractivity contribution in [3.8, 4) is 0 Å². The predicted molar refractivity (Wildman–Crippen MR) is 41.6 cm³/mol. The Kier molecular flexibility index (Phi) is 5.51. The maximum absolute atomic E-state index is 9.76. The van der Waals surface area contributed by atoms with Gasteiger partial charge in [0, 0.05) is 0 Å². The van der Waals surface area contributed by atoms with Crippen LogP contribution in [0.4, 0.5) is 0 Å². The van der Waals surface area contributed by atoms with Gasteiger partial charge in [0.05, 0.1) is 6.61 Å². The number of unbranched alkanes of at least 4 members (excludes halogenated alkanes) is 1. The maximum Gasteiger partial charge on any atom is 0.294 e. The van der Waals surface area contributed by atoms with Crippen molar-refractivity contribution in [2.75, 3.05) is 6.61 Å². The SMILES string of the molecule is CCCCC(C)CO[N+](=O)[O-]. The number of hydrogen-bond acceptors (Lipinski definition) is 3. The lowest BCUT2D eigenvalue weighted by molar-refractivity contribution is -0.759. The van der Waals surface area contributed by atoms with Crippen molar-refractivity contribution in [1.82, 2.24) is 0 Å². The zero-order valence-corrected chi connectivity index (χ0v) is 7.08. The van der Waals surface area contributed by atoms with E-state index in [1.807, 2.05) is 6.92 Å². The van der Waals surface area contributed by atoms with E-state index in [-0.39, 0.29) is 6.61 Å². The highest BCUT2D eigenvalue weighted by atomic mass is 16.9. The second-order valence-electron chi connectivity index (χ2n) is 2.77. The van der Waals surface area contributed by atoms with Crippen LogP contribution in [-0.4, -0.2) is 11.7 Å². The smallest absolute Gasteiger partial charge is 0.294 e. The van der Waals surface area contributed by atoms with Gasteiger partial charge in [0.15, 0.2) is 0 Å². The first kappa shape index (κ1) is 10.2. The Bertz CT molecular complexity index is 116. The number of rotatable bonds is 6. The van der Waals surface area contributed by atoms with E-state index in [0.29, 0.717) is 5.92 Å². The van der Waals surface area contributed by atoms with E-state index in [2.05, 4.69) is 11.8 Å². The third kappa shape index (κ3) is 7.09. The standard InChI is InChI=1S/C7H15NO3/c1-3-4-5-7(2)6-11-8(9)10/h7H,3-6H2,1-2H3. The summed E-state index contributed by atoms with van der Waals surface area (Å²) in [5.74, 6) is 0.292. The molecule has 11 heavy (non-hydrogen) atoms. The second-order valence-corrected chi connectivity index (χ2v) is 2.77. The molecule has 0 saturated carbocycles. The Morgan fingerprint density at radius 1 is 1.64 bits per heavy atom. The van der Waals surface area contributed by atoms with Crippen LogP contribution in [0.5, 0.6) is 0 Å².